The normalized spacial score (nSPS) is 10.2. The molecule has 160 valence electrons. The second-order valence-corrected chi connectivity index (χ2v) is 7.29. The first-order valence-corrected chi connectivity index (χ1v) is 11.1. The number of unbranched alkanes of at least 4 members (excludes halogenated alkanes) is 13. The van der Waals surface area contributed by atoms with Gasteiger partial charge in [-0.2, -0.15) is 0 Å². The Kier molecular flexibility index (Phi) is 26.4. The molecule has 0 N–H and O–H groups in total. The molecule has 0 aromatic carbocycles. The van der Waals surface area contributed by atoms with Crippen molar-refractivity contribution < 1.29 is 50.0 Å². The molecule has 5 heteroatoms. The standard InChI is InChI=1S/C23H42O4.Na.H/c1-3-5-6-7-8-9-10-11-12-13-14-15-16-17-21-27-23(25)19-18-22(24)26-20-4-2;;/h4H,2-3,5-21H2,1H3;;/q;+1;-1. The van der Waals surface area contributed by atoms with Crippen molar-refractivity contribution in [1.82, 2.24) is 0 Å². The fourth-order valence-corrected chi connectivity index (χ4v) is 2.98. The molecule has 0 aliphatic rings. The Hall–Kier alpha value is -0.320. The Morgan fingerprint density at radius 2 is 1.11 bits per heavy atom. The van der Waals surface area contributed by atoms with E-state index in [1.54, 1.807) is 0 Å². The third-order valence-corrected chi connectivity index (χ3v) is 4.66. The van der Waals surface area contributed by atoms with E-state index in [1.165, 1.54) is 83.1 Å². The van der Waals surface area contributed by atoms with Crippen LogP contribution >= 0.6 is 0 Å². The average Bonchev–Trinajstić information content (AvgIpc) is 2.67. The summed E-state index contributed by atoms with van der Waals surface area (Å²) in [6.07, 6.45) is 20.0. The van der Waals surface area contributed by atoms with Crippen molar-refractivity contribution in [3.8, 4) is 0 Å². The SMILES string of the molecule is C=CCOC(=O)CCC(=O)OCCCCCCCCCCCCCCCC.[H-].[Na+]. The largest absolute Gasteiger partial charge is 1.00 e. The first kappa shape index (κ1) is 29.9. The van der Waals surface area contributed by atoms with Crippen LogP contribution in [0.1, 0.15) is 111 Å². The van der Waals surface area contributed by atoms with Crippen molar-refractivity contribution in [2.24, 2.45) is 0 Å². The summed E-state index contributed by atoms with van der Waals surface area (Å²) in [7, 11) is 0. The maximum Gasteiger partial charge on any atom is 1.00 e. The Bertz CT molecular complexity index is 378. The van der Waals surface area contributed by atoms with Gasteiger partial charge in [-0.1, -0.05) is 103 Å². The van der Waals surface area contributed by atoms with Crippen LogP contribution in [0.25, 0.3) is 0 Å². The molecule has 0 aromatic rings. The Balaban J connectivity index is -0.00000338. The second kappa shape index (κ2) is 24.7. The van der Waals surface area contributed by atoms with Crippen LogP contribution in [0, 0.1) is 0 Å². The Morgan fingerprint density at radius 1 is 0.714 bits per heavy atom. The fraction of sp³-hybridized carbons (Fsp3) is 0.826. The quantitative estimate of drug-likeness (QED) is 0.134. The smallest absolute Gasteiger partial charge is 1.00 e. The van der Waals surface area contributed by atoms with Gasteiger partial charge in [-0.25, -0.2) is 0 Å². The molecule has 0 amide bonds. The minimum absolute atomic E-state index is 0. The molecule has 28 heavy (non-hydrogen) atoms. The third-order valence-electron chi connectivity index (χ3n) is 4.66. The van der Waals surface area contributed by atoms with Gasteiger partial charge in [-0.3, -0.25) is 9.59 Å². The summed E-state index contributed by atoms with van der Waals surface area (Å²) < 4.78 is 9.94. The summed E-state index contributed by atoms with van der Waals surface area (Å²) in [5, 5.41) is 0. The van der Waals surface area contributed by atoms with Crippen molar-refractivity contribution in [3.63, 3.8) is 0 Å². The van der Waals surface area contributed by atoms with Gasteiger partial charge in [0.2, 0.25) is 0 Å². The number of hydrogen-bond acceptors (Lipinski definition) is 4. The molecule has 0 aliphatic carbocycles. The number of ether oxygens (including phenoxy) is 2. The van der Waals surface area contributed by atoms with Crippen molar-refractivity contribution in [1.29, 1.82) is 0 Å². The summed E-state index contributed by atoms with van der Waals surface area (Å²) in [6, 6.07) is 0. The average molecular weight is 407 g/mol. The number of esters is 2. The minimum Gasteiger partial charge on any atom is -1.00 e. The molecule has 0 rings (SSSR count). The zero-order valence-electron chi connectivity index (χ0n) is 19.6. The Labute approximate surface area is 197 Å². The van der Waals surface area contributed by atoms with E-state index < -0.39 is 0 Å². The summed E-state index contributed by atoms with van der Waals surface area (Å²) in [5.41, 5.74) is 0. The second-order valence-electron chi connectivity index (χ2n) is 7.29. The van der Waals surface area contributed by atoms with Crippen LogP contribution in [0.5, 0.6) is 0 Å². The van der Waals surface area contributed by atoms with Crippen LogP contribution in [-0.2, 0) is 19.1 Å². The van der Waals surface area contributed by atoms with Crippen LogP contribution in [0.4, 0.5) is 0 Å². The number of carbonyl (C=O) groups excluding carboxylic acids is 2. The van der Waals surface area contributed by atoms with Crippen LogP contribution < -0.4 is 29.6 Å². The molecular formula is C23H43NaO4. The predicted octanol–water partition coefficient (Wildman–Crippen LogP) is 3.64. The van der Waals surface area contributed by atoms with E-state index in [9.17, 15) is 9.59 Å². The summed E-state index contributed by atoms with van der Waals surface area (Å²) in [5.74, 6) is -0.705. The molecule has 4 nitrogen and oxygen atoms in total. The molecule has 0 aromatic heterocycles. The van der Waals surface area contributed by atoms with Gasteiger partial charge in [-0.05, 0) is 6.42 Å². The van der Waals surface area contributed by atoms with Crippen LogP contribution in [0.3, 0.4) is 0 Å². The van der Waals surface area contributed by atoms with Gasteiger partial charge in [0.25, 0.3) is 0 Å². The molecule has 0 fully saturated rings. The van der Waals surface area contributed by atoms with E-state index in [2.05, 4.69) is 13.5 Å². The molecule has 0 aliphatic heterocycles. The van der Waals surface area contributed by atoms with E-state index in [0.29, 0.717) is 6.61 Å². The molecule has 0 spiro atoms. The van der Waals surface area contributed by atoms with Crippen molar-refractivity contribution in [2.45, 2.75) is 110 Å². The first-order chi connectivity index (χ1) is 13.2. The summed E-state index contributed by atoms with van der Waals surface area (Å²) >= 11 is 0. The molecule has 0 radical (unpaired) electrons. The maximum absolute atomic E-state index is 11.5. The van der Waals surface area contributed by atoms with Crippen LogP contribution in [0.2, 0.25) is 0 Å². The molecule has 0 heterocycles. The van der Waals surface area contributed by atoms with Crippen molar-refractivity contribution >= 4 is 11.9 Å². The zero-order valence-corrected chi connectivity index (χ0v) is 20.6. The monoisotopic (exact) mass is 406 g/mol. The molecule has 0 saturated carbocycles. The maximum atomic E-state index is 11.5. The van der Waals surface area contributed by atoms with E-state index in [1.807, 2.05) is 0 Å². The van der Waals surface area contributed by atoms with Gasteiger partial charge >= 0.3 is 41.5 Å². The number of carbonyl (C=O) groups is 2. The van der Waals surface area contributed by atoms with Gasteiger partial charge in [0, 0.05) is 0 Å². The van der Waals surface area contributed by atoms with E-state index in [0.717, 1.165) is 12.8 Å². The fourth-order valence-electron chi connectivity index (χ4n) is 2.98. The van der Waals surface area contributed by atoms with E-state index >= 15 is 0 Å². The Morgan fingerprint density at radius 3 is 1.54 bits per heavy atom. The van der Waals surface area contributed by atoms with Gasteiger partial charge in [-0.15, -0.1) is 0 Å². The van der Waals surface area contributed by atoms with Crippen LogP contribution in [0.15, 0.2) is 12.7 Å². The summed E-state index contributed by atoms with van der Waals surface area (Å²) in [4.78, 5) is 22.7. The predicted molar refractivity (Wildman–Crippen MR) is 113 cm³/mol. The van der Waals surface area contributed by atoms with Gasteiger partial charge in [0.05, 0.1) is 19.4 Å². The number of rotatable bonds is 20. The molecule has 0 saturated heterocycles. The minimum atomic E-state index is -0.386. The van der Waals surface area contributed by atoms with Crippen molar-refractivity contribution in [3.05, 3.63) is 12.7 Å². The first-order valence-electron chi connectivity index (χ1n) is 11.1. The zero-order chi connectivity index (χ0) is 20.0. The van der Waals surface area contributed by atoms with Gasteiger partial charge in [0.15, 0.2) is 0 Å². The molecule has 0 bridgehead atoms. The number of hydrogen-bond donors (Lipinski definition) is 0. The van der Waals surface area contributed by atoms with E-state index in [-0.39, 0.29) is 62.4 Å². The van der Waals surface area contributed by atoms with Gasteiger partial charge in [0.1, 0.15) is 6.61 Å². The topological polar surface area (TPSA) is 52.6 Å². The van der Waals surface area contributed by atoms with Gasteiger partial charge < -0.3 is 10.9 Å². The molecule has 0 unspecified atom stereocenters. The third kappa shape index (κ3) is 23.7. The van der Waals surface area contributed by atoms with Crippen molar-refractivity contribution in [2.75, 3.05) is 13.2 Å². The van der Waals surface area contributed by atoms with Crippen LogP contribution in [-0.4, -0.2) is 25.2 Å². The molecular weight excluding hydrogens is 363 g/mol. The van der Waals surface area contributed by atoms with E-state index in [4.69, 9.17) is 9.47 Å². The summed E-state index contributed by atoms with van der Waals surface area (Å²) in [6.45, 7) is 6.37. The molecule has 0 atom stereocenters.